The van der Waals surface area contributed by atoms with E-state index in [4.69, 9.17) is 0 Å². The molecule has 0 bridgehead atoms. The molecule has 1 aliphatic carbocycles. The van der Waals surface area contributed by atoms with Gasteiger partial charge in [0.05, 0.1) is 23.3 Å². The number of aromatic nitrogens is 1. The summed E-state index contributed by atoms with van der Waals surface area (Å²) >= 11 is 1.72. The van der Waals surface area contributed by atoms with E-state index in [0.717, 1.165) is 31.5 Å². The molecule has 1 aliphatic heterocycles. The Hall–Kier alpha value is -1.46. The summed E-state index contributed by atoms with van der Waals surface area (Å²) in [7, 11) is 0. The Morgan fingerprint density at radius 1 is 1.55 bits per heavy atom. The highest BCUT2D eigenvalue weighted by Gasteiger charge is 2.24. The van der Waals surface area contributed by atoms with E-state index >= 15 is 0 Å². The van der Waals surface area contributed by atoms with Gasteiger partial charge in [0, 0.05) is 10.8 Å². The molecule has 1 fully saturated rings. The molecule has 3 unspecified atom stereocenters. The molecule has 3 atom stereocenters. The summed E-state index contributed by atoms with van der Waals surface area (Å²) in [5, 5.41) is 6.36. The third-order valence-corrected chi connectivity index (χ3v) is 5.55. The van der Waals surface area contributed by atoms with E-state index in [1.165, 1.54) is 10.5 Å². The average Bonchev–Trinajstić information content (AvgIpc) is 3.18. The maximum Gasteiger partial charge on any atom is 0.237 e. The summed E-state index contributed by atoms with van der Waals surface area (Å²) < 4.78 is 0. The van der Waals surface area contributed by atoms with Gasteiger partial charge >= 0.3 is 0 Å². The third kappa shape index (κ3) is 3.31. The van der Waals surface area contributed by atoms with Crippen LogP contribution >= 0.6 is 11.3 Å². The van der Waals surface area contributed by atoms with Crippen LogP contribution in [0.15, 0.2) is 29.3 Å². The number of hydrogen-bond donors (Lipinski definition) is 2. The zero-order valence-electron chi connectivity index (χ0n) is 13.1. The lowest BCUT2D eigenvalue weighted by atomic mass is 9.92. The van der Waals surface area contributed by atoms with E-state index in [1.807, 2.05) is 5.51 Å². The van der Waals surface area contributed by atoms with Crippen LogP contribution < -0.4 is 10.6 Å². The van der Waals surface area contributed by atoms with Gasteiger partial charge in [0.15, 0.2) is 0 Å². The van der Waals surface area contributed by atoms with E-state index in [0.29, 0.717) is 5.92 Å². The Kier molecular flexibility index (Phi) is 4.74. The van der Waals surface area contributed by atoms with Gasteiger partial charge in [-0.2, -0.15) is 0 Å². The van der Waals surface area contributed by atoms with Crippen molar-refractivity contribution in [1.29, 1.82) is 0 Å². The molecule has 0 saturated carbocycles. The van der Waals surface area contributed by atoms with E-state index < -0.39 is 0 Å². The second-order valence-electron chi connectivity index (χ2n) is 6.09. The van der Waals surface area contributed by atoms with Crippen molar-refractivity contribution in [2.24, 2.45) is 0 Å². The number of amides is 1. The molecule has 5 heteroatoms. The van der Waals surface area contributed by atoms with Crippen LogP contribution in [0.1, 0.15) is 42.7 Å². The predicted molar refractivity (Wildman–Crippen MR) is 90.1 cm³/mol. The van der Waals surface area contributed by atoms with E-state index in [9.17, 15) is 4.79 Å². The normalized spacial score (nSPS) is 25.8. The Morgan fingerprint density at radius 3 is 3.00 bits per heavy atom. The van der Waals surface area contributed by atoms with E-state index in [-0.39, 0.29) is 18.0 Å². The molecule has 2 aliphatic rings. The molecule has 2 heterocycles. The molecule has 118 valence electrons. The molecule has 4 nitrogen and oxygen atoms in total. The van der Waals surface area contributed by atoms with Crippen LogP contribution in [-0.2, 0) is 4.79 Å². The second kappa shape index (κ2) is 6.75. The first-order valence-electron chi connectivity index (χ1n) is 7.97. The number of carbonyl (C=O) groups is 1. The minimum absolute atomic E-state index is 0.0109. The fourth-order valence-corrected chi connectivity index (χ4v) is 4.02. The number of thiazole rings is 1. The van der Waals surface area contributed by atoms with Crippen LogP contribution in [0, 0.1) is 6.92 Å². The maximum atomic E-state index is 12.2. The number of allylic oxidation sites excluding steroid dienone is 2. The summed E-state index contributed by atoms with van der Waals surface area (Å²) in [6.07, 6.45) is 9.66. The zero-order chi connectivity index (χ0) is 15.5. The smallest absolute Gasteiger partial charge is 0.237 e. The van der Waals surface area contributed by atoms with Crippen molar-refractivity contribution in [3.05, 3.63) is 39.9 Å². The second-order valence-corrected chi connectivity index (χ2v) is 6.97. The number of aryl methyl sites for hydroxylation is 1. The van der Waals surface area contributed by atoms with Gasteiger partial charge in [-0.05, 0) is 45.2 Å². The molecule has 1 aromatic rings. The molecular weight excluding hydrogens is 294 g/mol. The quantitative estimate of drug-likeness (QED) is 0.898. The van der Waals surface area contributed by atoms with Gasteiger partial charge in [0.1, 0.15) is 0 Å². The minimum Gasteiger partial charge on any atom is -0.348 e. The van der Waals surface area contributed by atoms with Crippen LogP contribution in [0.25, 0.3) is 0 Å². The summed E-state index contributed by atoms with van der Waals surface area (Å²) in [4.78, 5) is 17.8. The number of rotatable bonds is 4. The van der Waals surface area contributed by atoms with Crippen molar-refractivity contribution in [3.8, 4) is 0 Å². The van der Waals surface area contributed by atoms with E-state index in [1.54, 1.807) is 11.3 Å². The minimum atomic E-state index is -0.0109. The van der Waals surface area contributed by atoms with E-state index in [2.05, 4.69) is 47.7 Å². The lowest BCUT2D eigenvalue weighted by molar-refractivity contribution is -0.123. The Bertz CT molecular complexity index is 599. The van der Waals surface area contributed by atoms with Crippen LogP contribution in [0.4, 0.5) is 0 Å². The van der Waals surface area contributed by atoms with Crippen molar-refractivity contribution in [3.63, 3.8) is 0 Å². The summed E-state index contributed by atoms with van der Waals surface area (Å²) in [5.74, 6) is 0.551. The first-order valence-corrected chi connectivity index (χ1v) is 8.85. The van der Waals surface area contributed by atoms with Gasteiger partial charge in [-0.15, -0.1) is 11.3 Å². The molecule has 22 heavy (non-hydrogen) atoms. The molecule has 0 spiro atoms. The number of hydrogen-bond acceptors (Lipinski definition) is 4. The zero-order valence-corrected chi connectivity index (χ0v) is 14.0. The van der Waals surface area contributed by atoms with Crippen LogP contribution in [-0.4, -0.2) is 29.5 Å². The molecule has 0 aromatic carbocycles. The van der Waals surface area contributed by atoms with Gasteiger partial charge in [-0.1, -0.05) is 18.2 Å². The number of nitrogens with zero attached hydrogens (tertiary/aromatic N) is 1. The fourth-order valence-electron chi connectivity index (χ4n) is 3.12. The molecule has 2 N–H and O–H groups in total. The van der Waals surface area contributed by atoms with Gasteiger partial charge in [-0.25, -0.2) is 4.98 Å². The van der Waals surface area contributed by atoms with Crippen molar-refractivity contribution in [2.75, 3.05) is 6.54 Å². The van der Waals surface area contributed by atoms with Gasteiger partial charge in [-0.3, -0.25) is 4.79 Å². The molecular formula is C17H23N3OS. The molecule has 1 amide bonds. The third-order valence-electron chi connectivity index (χ3n) is 4.48. The predicted octanol–water partition coefficient (Wildman–Crippen LogP) is 2.68. The van der Waals surface area contributed by atoms with Gasteiger partial charge < -0.3 is 10.6 Å². The molecule has 0 radical (unpaired) electrons. The Morgan fingerprint density at radius 2 is 2.41 bits per heavy atom. The Labute approximate surface area is 135 Å². The van der Waals surface area contributed by atoms with Crippen molar-refractivity contribution in [1.82, 2.24) is 15.6 Å². The Balaban J connectivity index is 1.57. The maximum absolute atomic E-state index is 12.2. The monoisotopic (exact) mass is 317 g/mol. The molecule has 3 rings (SSSR count). The topological polar surface area (TPSA) is 54.0 Å². The lowest BCUT2D eigenvalue weighted by Gasteiger charge is -2.22. The van der Waals surface area contributed by atoms with Crippen molar-refractivity contribution < 1.29 is 4.79 Å². The highest BCUT2D eigenvalue weighted by atomic mass is 32.1. The van der Waals surface area contributed by atoms with Gasteiger partial charge in [0.2, 0.25) is 5.91 Å². The van der Waals surface area contributed by atoms with Crippen LogP contribution in [0.2, 0.25) is 0 Å². The van der Waals surface area contributed by atoms with Crippen molar-refractivity contribution in [2.45, 2.75) is 51.1 Å². The fraction of sp³-hybridized carbons (Fsp3) is 0.529. The summed E-state index contributed by atoms with van der Waals surface area (Å²) in [5.41, 5.74) is 4.24. The molecule has 1 saturated heterocycles. The number of carbonyl (C=O) groups excluding carboxylic acids is 1. The lowest BCUT2D eigenvalue weighted by Crippen LogP contribution is -2.44. The summed E-state index contributed by atoms with van der Waals surface area (Å²) in [6.45, 7) is 5.07. The van der Waals surface area contributed by atoms with Crippen LogP contribution in [0.3, 0.4) is 0 Å². The van der Waals surface area contributed by atoms with Gasteiger partial charge in [0.25, 0.3) is 0 Å². The summed E-state index contributed by atoms with van der Waals surface area (Å²) in [6, 6.07) is 0.0536. The van der Waals surface area contributed by atoms with Crippen molar-refractivity contribution >= 4 is 17.2 Å². The first-order chi connectivity index (χ1) is 10.6. The number of nitrogens with one attached hydrogen (secondary N) is 2. The molecule has 1 aromatic heterocycles. The van der Waals surface area contributed by atoms with Crippen LogP contribution in [0.5, 0.6) is 0 Å². The highest BCUT2D eigenvalue weighted by Crippen LogP contribution is 2.32. The SMILES string of the molecule is Cc1ncsc1C1C=CC(C(C)NC(=O)C2CCCN2)=CC1. The highest BCUT2D eigenvalue weighted by molar-refractivity contribution is 7.09. The first kappa shape index (κ1) is 15.4. The largest absolute Gasteiger partial charge is 0.348 e. The standard InChI is InChI=1S/C17H23N3OS/c1-11(20-17(21)15-4-3-9-18-15)13-5-7-14(8-6-13)16-12(2)19-10-22-16/h5-7,10-11,14-15,18H,3-4,8-9H2,1-2H3,(H,20,21). The average molecular weight is 317 g/mol.